The number of halogens is 2. The summed E-state index contributed by atoms with van der Waals surface area (Å²) >= 11 is 12.6. The highest BCUT2D eigenvalue weighted by atomic mass is 35.5. The molecule has 0 fully saturated rings. The SMILES string of the molecule is C=C1c2c(nc(C)c(CN)c2-c2ccc(Cl)cc2Cl)CN1CC(=O)N(C)C(C)C. The van der Waals surface area contributed by atoms with Crippen LogP contribution >= 0.6 is 23.2 Å². The quantitative estimate of drug-likeness (QED) is 0.756. The van der Waals surface area contributed by atoms with E-state index in [1.807, 2.05) is 44.9 Å². The van der Waals surface area contributed by atoms with E-state index in [-0.39, 0.29) is 18.5 Å². The second-order valence-electron chi connectivity index (χ2n) is 7.60. The Balaban J connectivity index is 2.09. The van der Waals surface area contributed by atoms with E-state index in [0.717, 1.165) is 39.3 Å². The van der Waals surface area contributed by atoms with E-state index in [4.69, 9.17) is 33.9 Å². The number of hydrogen-bond acceptors (Lipinski definition) is 4. The molecule has 1 aliphatic rings. The van der Waals surface area contributed by atoms with E-state index >= 15 is 0 Å². The minimum Gasteiger partial charge on any atom is -0.356 e. The van der Waals surface area contributed by atoms with Gasteiger partial charge in [0, 0.05) is 57.8 Å². The van der Waals surface area contributed by atoms with Crippen LogP contribution in [0.25, 0.3) is 16.8 Å². The molecule has 0 unspecified atom stereocenters. The molecular weight excluding hydrogens is 407 g/mol. The first-order chi connectivity index (χ1) is 13.6. The summed E-state index contributed by atoms with van der Waals surface area (Å²) in [5, 5.41) is 1.11. The predicted octanol–water partition coefficient (Wildman–Crippen LogP) is 4.48. The minimum absolute atomic E-state index is 0.0378. The van der Waals surface area contributed by atoms with E-state index in [0.29, 0.717) is 23.1 Å². The summed E-state index contributed by atoms with van der Waals surface area (Å²) in [4.78, 5) is 21.1. The molecule has 0 spiro atoms. The maximum absolute atomic E-state index is 12.6. The fraction of sp³-hybridized carbons (Fsp3) is 0.364. The molecule has 3 rings (SSSR count). The smallest absolute Gasteiger partial charge is 0.242 e. The Kier molecular flexibility index (Phi) is 6.22. The van der Waals surface area contributed by atoms with Crippen LogP contribution in [0.5, 0.6) is 0 Å². The molecule has 1 aromatic heterocycles. The molecule has 7 heteroatoms. The second kappa shape index (κ2) is 8.34. The Morgan fingerprint density at radius 2 is 2.03 bits per heavy atom. The lowest BCUT2D eigenvalue weighted by molar-refractivity contribution is -0.131. The van der Waals surface area contributed by atoms with Crippen molar-refractivity contribution in [2.45, 2.75) is 39.9 Å². The number of benzene rings is 1. The van der Waals surface area contributed by atoms with Crippen molar-refractivity contribution in [1.82, 2.24) is 14.8 Å². The molecule has 0 aliphatic carbocycles. The van der Waals surface area contributed by atoms with Crippen molar-refractivity contribution in [2.24, 2.45) is 5.73 Å². The highest BCUT2D eigenvalue weighted by Gasteiger charge is 2.32. The van der Waals surface area contributed by atoms with Crippen molar-refractivity contribution in [3.63, 3.8) is 0 Å². The number of hydrogen-bond donors (Lipinski definition) is 1. The average Bonchev–Trinajstić information content (AvgIpc) is 2.95. The van der Waals surface area contributed by atoms with Crippen LogP contribution in [0.1, 0.15) is 36.4 Å². The van der Waals surface area contributed by atoms with Gasteiger partial charge in [0.2, 0.25) is 5.91 Å². The topological polar surface area (TPSA) is 62.5 Å². The lowest BCUT2D eigenvalue weighted by Crippen LogP contribution is -2.39. The maximum Gasteiger partial charge on any atom is 0.242 e. The van der Waals surface area contributed by atoms with Gasteiger partial charge in [0.25, 0.3) is 0 Å². The zero-order valence-electron chi connectivity index (χ0n) is 17.2. The lowest BCUT2D eigenvalue weighted by Gasteiger charge is -2.26. The van der Waals surface area contributed by atoms with Gasteiger partial charge in [-0.15, -0.1) is 0 Å². The molecule has 0 bridgehead atoms. The zero-order chi connectivity index (χ0) is 21.5. The van der Waals surface area contributed by atoms with Crippen molar-refractivity contribution in [1.29, 1.82) is 0 Å². The molecule has 1 aliphatic heterocycles. The van der Waals surface area contributed by atoms with Crippen LogP contribution in [0.15, 0.2) is 24.8 Å². The molecule has 0 saturated heterocycles. The van der Waals surface area contributed by atoms with Crippen LogP contribution in [0.4, 0.5) is 0 Å². The Labute approximate surface area is 182 Å². The van der Waals surface area contributed by atoms with Crippen LogP contribution in [-0.4, -0.2) is 40.3 Å². The summed E-state index contributed by atoms with van der Waals surface area (Å²) in [6.45, 7) is 11.3. The fourth-order valence-electron chi connectivity index (χ4n) is 3.61. The molecule has 2 heterocycles. The summed E-state index contributed by atoms with van der Waals surface area (Å²) in [5.74, 6) is 0.0378. The van der Waals surface area contributed by atoms with Crippen LogP contribution in [-0.2, 0) is 17.9 Å². The first-order valence-corrected chi connectivity index (χ1v) is 10.3. The third-order valence-corrected chi connectivity index (χ3v) is 6.04. The van der Waals surface area contributed by atoms with Gasteiger partial charge in [-0.2, -0.15) is 0 Å². The summed E-state index contributed by atoms with van der Waals surface area (Å²) < 4.78 is 0. The Bertz CT molecular complexity index is 987. The minimum atomic E-state index is 0.0378. The molecule has 0 saturated carbocycles. The summed E-state index contributed by atoms with van der Waals surface area (Å²) in [7, 11) is 1.81. The number of likely N-dealkylation sites (N-methyl/N-ethyl adjacent to an activating group) is 1. The van der Waals surface area contributed by atoms with Gasteiger partial charge >= 0.3 is 0 Å². The van der Waals surface area contributed by atoms with E-state index in [1.165, 1.54) is 0 Å². The van der Waals surface area contributed by atoms with E-state index < -0.39 is 0 Å². The van der Waals surface area contributed by atoms with Crippen LogP contribution in [0.3, 0.4) is 0 Å². The highest BCUT2D eigenvalue weighted by molar-refractivity contribution is 6.36. The standard InChI is InChI=1S/C22H26Cl2N4O/c1-12(2)27(5)20(29)11-28-10-19-21(14(28)4)22(17(9-25)13(3)26-19)16-7-6-15(23)8-18(16)24/h6-8,12H,4,9-11,25H2,1-3,5H3. The van der Waals surface area contributed by atoms with Gasteiger partial charge in [0.15, 0.2) is 0 Å². The number of amides is 1. The number of fused-ring (bicyclic) bond motifs is 1. The number of rotatable bonds is 5. The van der Waals surface area contributed by atoms with Crippen LogP contribution in [0.2, 0.25) is 10.0 Å². The van der Waals surface area contributed by atoms with Crippen molar-refractivity contribution in [3.05, 3.63) is 57.3 Å². The normalized spacial score (nSPS) is 13.2. The molecule has 154 valence electrons. The molecule has 0 atom stereocenters. The molecule has 1 aromatic carbocycles. The second-order valence-corrected chi connectivity index (χ2v) is 8.45. The van der Waals surface area contributed by atoms with Gasteiger partial charge in [-0.05, 0) is 38.5 Å². The van der Waals surface area contributed by atoms with Gasteiger partial charge < -0.3 is 15.5 Å². The number of aryl methyl sites for hydroxylation is 1. The summed E-state index contributed by atoms with van der Waals surface area (Å²) in [5.41, 5.74) is 12.2. The number of carbonyl (C=O) groups is 1. The van der Waals surface area contributed by atoms with E-state index in [2.05, 4.69) is 6.58 Å². The van der Waals surface area contributed by atoms with E-state index in [9.17, 15) is 4.79 Å². The third-order valence-electron chi connectivity index (χ3n) is 5.49. The van der Waals surface area contributed by atoms with Crippen molar-refractivity contribution in [3.8, 4) is 11.1 Å². The molecule has 29 heavy (non-hydrogen) atoms. The molecule has 2 N–H and O–H groups in total. The first-order valence-electron chi connectivity index (χ1n) is 9.53. The number of aromatic nitrogens is 1. The predicted molar refractivity (Wildman–Crippen MR) is 120 cm³/mol. The van der Waals surface area contributed by atoms with E-state index in [1.54, 1.807) is 11.0 Å². The summed E-state index contributed by atoms with van der Waals surface area (Å²) in [6, 6.07) is 5.56. The molecule has 1 amide bonds. The van der Waals surface area contributed by atoms with Crippen LogP contribution < -0.4 is 5.73 Å². The van der Waals surface area contributed by atoms with Crippen molar-refractivity contribution in [2.75, 3.05) is 13.6 Å². The maximum atomic E-state index is 12.6. The van der Waals surface area contributed by atoms with Gasteiger partial charge in [0.1, 0.15) is 0 Å². The number of nitrogens with two attached hydrogens (primary N) is 1. The van der Waals surface area contributed by atoms with Gasteiger partial charge in [-0.25, -0.2) is 0 Å². The largest absolute Gasteiger partial charge is 0.356 e. The monoisotopic (exact) mass is 432 g/mol. The van der Waals surface area contributed by atoms with Gasteiger partial charge in [0.05, 0.1) is 18.8 Å². The van der Waals surface area contributed by atoms with Crippen molar-refractivity contribution < 1.29 is 4.79 Å². The molecule has 2 aromatic rings. The average molecular weight is 433 g/mol. The number of nitrogens with zero attached hydrogens (tertiary/aromatic N) is 3. The van der Waals surface area contributed by atoms with Crippen LogP contribution in [0, 0.1) is 6.92 Å². The Hall–Kier alpha value is -2.08. The van der Waals surface area contributed by atoms with Crippen molar-refractivity contribution >= 4 is 34.8 Å². The lowest BCUT2D eigenvalue weighted by atomic mass is 9.92. The van der Waals surface area contributed by atoms with Gasteiger partial charge in [-0.1, -0.05) is 35.8 Å². The number of carbonyl (C=O) groups excluding carboxylic acids is 1. The number of pyridine rings is 1. The summed E-state index contributed by atoms with van der Waals surface area (Å²) in [6.07, 6.45) is 0. The molecular formula is C22H26Cl2N4O. The Morgan fingerprint density at radius 1 is 1.34 bits per heavy atom. The molecule has 5 nitrogen and oxygen atoms in total. The van der Waals surface area contributed by atoms with Gasteiger partial charge in [-0.3, -0.25) is 9.78 Å². The zero-order valence-corrected chi connectivity index (χ0v) is 18.7. The Morgan fingerprint density at radius 3 is 2.62 bits per heavy atom. The third kappa shape index (κ3) is 4.00. The highest BCUT2D eigenvalue weighted by Crippen LogP contribution is 2.43. The fourth-order valence-corrected chi connectivity index (χ4v) is 4.12. The molecule has 0 radical (unpaired) electrons. The first kappa shape index (κ1) is 21.6.